The van der Waals surface area contributed by atoms with E-state index in [0.717, 1.165) is 12.4 Å². The van der Waals surface area contributed by atoms with Crippen molar-refractivity contribution >= 4 is 5.82 Å². The molecule has 0 aromatic carbocycles. The number of anilines is 1. The molecule has 2 heterocycles. The number of ether oxygens (including phenoxy) is 2. The number of rotatable bonds is 3. The Hall–Kier alpha value is -1.40. The van der Waals surface area contributed by atoms with E-state index in [1.165, 1.54) is 0 Å². The first kappa shape index (κ1) is 13.0. The first-order valence-electron chi connectivity index (χ1n) is 6.12. The molecule has 1 aromatic heterocycles. The summed E-state index contributed by atoms with van der Waals surface area (Å²) in [6, 6.07) is 2.12. The molecule has 100 valence electrons. The lowest BCUT2D eigenvalue weighted by Crippen LogP contribution is -2.51. The van der Waals surface area contributed by atoms with Crippen LogP contribution in [0.2, 0.25) is 0 Å². The number of nitrogens with zero attached hydrogens (tertiary/aromatic N) is 3. The van der Waals surface area contributed by atoms with Gasteiger partial charge in [-0.1, -0.05) is 0 Å². The Bertz CT molecular complexity index is 413. The summed E-state index contributed by atoms with van der Waals surface area (Å²) in [4.78, 5) is 10.9. The number of morpholine rings is 1. The first-order chi connectivity index (χ1) is 8.63. The van der Waals surface area contributed by atoms with Crippen LogP contribution >= 0.6 is 0 Å². The van der Waals surface area contributed by atoms with Gasteiger partial charge in [0.25, 0.3) is 0 Å². The van der Waals surface area contributed by atoms with E-state index in [9.17, 15) is 0 Å². The highest BCUT2D eigenvalue weighted by Crippen LogP contribution is 2.22. The van der Waals surface area contributed by atoms with E-state index in [1.54, 1.807) is 7.11 Å². The molecule has 2 N–H and O–H groups in total. The fourth-order valence-corrected chi connectivity index (χ4v) is 2.06. The molecular weight excluding hydrogens is 232 g/mol. The Morgan fingerprint density at radius 2 is 2.33 bits per heavy atom. The summed E-state index contributed by atoms with van der Waals surface area (Å²) in [6.07, 6.45) is 0.0578. The van der Waals surface area contributed by atoms with Gasteiger partial charge in [0.2, 0.25) is 5.88 Å². The van der Waals surface area contributed by atoms with Gasteiger partial charge in [-0.25, -0.2) is 4.98 Å². The molecule has 0 spiro atoms. The molecule has 1 aromatic rings. The van der Waals surface area contributed by atoms with Gasteiger partial charge in [0, 0.05) is 19.2 Å². The van der Waals surface area contributed by atoms with E-state index in [-0.39, 0.29) is 12.1 Å². The van der Waals surface area contributed by atoms with Crippen molar-refractivity contribution < 1.29 is 9.47 Å². The lowest BCUT2D eigenvalue weighted by Gasteiger charge is -2.38. The Morgan fingerprint density at radius 3 is 3.00 bits per heavy atom. The summed E-state index contributed by atoms with van der Waals surface area (Å²) in [7, 11) is 1.61. The van der Waals surface area contributed by atoms with Crippen molar-refractivity contribution in [1.82, 2.24) is 9.97 Å². The second-order valence-electron chi connectivity index (χ2n) is 4.51. The van der Waals surface area contributed by atoms with Crippen LogP contribution in [0.1, 0.15) is 12.7 Å². The molecule has 0 aliphatic carbocycles. The van der Waals surface area contributed by atoms with Gasteiger partial charge >= 0.3 is 0 Å². The van der Waals surface area contributed by atoms with Gasteiger partial charge in [0.1, 0.15) is 11.6 Å². The summed E-state index contributed by atoms with van der Waals surface area (Å²) in [6.45, 7) is 5.89. The molecule has 2 rings (SSSR count). The SMILES string of the molecule is COc1cc(N2CC(CN)OCC2C)nc(C)n1. The second kappa shape index (κ2) is 5.49. The van der Waals surface area contributed by atoms with Crippen LogP contribution < -0.4 is 15.4 Å². The highest BCUT2D eigenvalue weighted by molar-refractivity contribution is 5.43. The Balaban J connectivity index is 2.25. The molecule has 2 unspecified atom stereocenters. The van der Waals surface area contributed by atoms with Crippen molar-refractivity contribution in [3.8, 4) is 5.88 Å². The lowest BCUT2D eigenvalue weighted by molar-refractivity contribution is 0.0279. The fourth-order valence-electron chi connectivity index (χ4n) is 2.06. The maximum Gasteiger partial charge on any atom is 0.218 e. The second-order valence-corrected chi connectivity index (χ2v) is 4.51. The van der Waals surface area contributed by atoms with Gasteiger partial charge in [-0.15, -0.1) is 0 Å². The van der Waals surface area contributed by atoms with Crippen LogP contribution in [0.25, 0.3) is 0 Å². The minimum absolute atomic E-state index is 0.0578. The predicted octanol–water partition coefficient (Wildman–Crippen LogP) is 0.346. The normalized spacial score (nSPS) is 24.1. The lowest BCUT2D eigenvalue weighted by atomic mass is 10.2. The largest absolute Gasteiger partial charge is 0.481 e. The molecule has 0 saturated carbocycles. The first-order valence-corrected chi connectivity index (χ1v) is 6.12. The van der Waals surface area contributed by atoms with E-state index in [4.69, 9.17) is 15.2 Å². The number of methoxy groups -OCH3 is 1. The van der Waals surface area contributed by atoms with E-state index in [2.05, 4.69) is 21.8 Å². The number of hydrogen-bond acceptors (Lipinski definition) is 6. The zero-order valence-electron chi connectivity index (χ0n) is 11.1. The molecule has 1 aliphatic rings. The van der Waals surface area contributed by atoms with Crippen molar-refractivity contribution in [2.24, 2.45) is 5.73 Å². The molecule has 1 saturated heterocycles. The van der Waals surface area contributed by atoms with Crippen LogP contribution in [0.15, 0.2) is 6.07 Å². The Morgan fingerprint density at radius 1 is 1.56 bits per heavy atom. The molecule has 0 radical (unpaired) electrons. The Kier molecular flexibility index (Phi) is 3.98. The monoisotopic (exact) mass is 252 g/mol. The number of aromatic nitrogens is 2. The predicted molar refractivity (Wildman–Crippen MR) is 68.9 cm³/mol. The minimum Gasteiger partial charge on any atom is -0.481 e. The third kappa shape index (κ3) is 2.70. The van der Waals surface area contributed by atoms with Gasteiger partial charge in [0.15, 0.2) is 0 Å². The van der Waals surface area contributed by atoms with E-state index in [0.29, 0.717) is 24.9 Å². The molecule has 6 nitrogen and oxygen atoms in total. The smallest absolute Gasteiger partial charge is 0.218 e. The maximum absolute atomic E-state index is 5.67. The number of aryl methyl sites for hydroxylation is 1. The van der Waals surface area contributed by atoms with Gasteiger partial charge in [-0.05, 0) is 13.8 Å². The molecule has 2 atom stereocenters. The molecule has 1 aliphatic heterocycles. The van der Waals surface area contributed by atoms with E-state index < -0.39 is 0 Å². The van der Waals surface area contributed by atoms with Crippen molar-refractivity contribution in [2.75, 3.05) is 31.7 Å². The van der Waals surface area contributed by atoms with Gasteiger partial charge in [-0.2, -0.15) is 4.98 Å². The topological polar surface area (TPSA) is 73.5 Å². The van der Waals surface area contributed by atoms with Crippen LogP contribution in [-0.4, -0.2) is 48.9 Å². The van der Waals surface area contributed by atoms with Crippen LogP contribution in [0.4, 0.5) is 5.82 Å². The van der Waals surface area contributed by atoms with Crippen LogP contribution in [0, 0.1) is 6.92 Å². The average Bonchev–Trinajstić information content (AvgIpc) is 2.38. The molecule has 0 amide bonds. The average molecular weight is 252 g/mol. The zero-order valence-corrected chi connectivity index (χ0v) is 11.1. The summed E-state index contributed by atoms with van der Waals surface area (Å²) in [5.74, 6) is 2.15. The van der Waals surface area contributed by atoms with Crippen LogP contribution in [-0.2, 0) is 4.74 Å². The summed E-state index contributed by atoms with van der Waals surface area (Å²) >= 11 is 0. The zero-order chi connectivity index (χ0) is 13.1. The highest BCUT2D eigenvalue weighted by atomic mass is 16.5. The third-order valence-electron chi connectivity index (χ3n) is 3.07. The molecule has 6 heteroatoms. The van der Waals surface area contributed by atoms with Crippen molar-refractivity contribution in [1.29, 1.82) is 0 Å². The molecule has 18 heavy (non-hydrogen) atoms. The standard InChI is InChI=1S/C12H20N4O2/c1-8-7-18-10(5-13)6-16(8)11-4-12(17-3)15-9(2)14-11/h4,8,10H,5-7,13H2,1-3H3. The van der Waals surface area contributed by atoms with Crippen LogP contribution in [0.5, 0.6) is 5.88 Å². The summed E-state index contributed by atoms with van der Waals surface area (Å²) in [5, 5.41) is 0. The van der Waals surface area contributed by atoms with E-state index >= 15 is 0 Å². The quantitative estimate of drug-likeness (QED) is 0.836. The van der Waals surface area contributed by atoms with Gasteiger partial charge in [0.05, 0.1) is 25.9 Å². The third-order valence-corrected chi connectivity index (χ3v) is 3.07. The maximum atomic E-state index is 5.67. The molecule has 1 fully saturated rings. The summed E-state index contributed by atoms with van der Waals surface area (Å²) in [5.41, 5.74) is 5.67. The van der Waals surface area contributed by atoms with Crippen molar-refractivity contribution in [2.45, 2.75) is 26.0 Å². The number of hydrogen-bond donors (Lipinski definition) is 1. The fraction of sp³-hybridized carbons (Fsp3) is 0.667. The Labute approximate surface area is 107 Å². The minimum atomic E-state index is 0.0578. The van der Waals surface area contributed by atoms with Crippen molar-refractivity contribution in [3.05, 3.63) is 11.9 Å². The molecular formula is C12H20N4O2. The van der Waals surface area contributed by atoms with Crippen molar-refractivity contribution in [3.63, 3.8) is 0 Å². The van der Waals surface area contributed by atoms with Gasteiger partial charge in [-0.3, -0.25) is 0 Å². The van der Waals surface area contributed by atoms with E-state index in [1.807, 2.05) is 13.0 Å². The number of nitrogens with two attached hydrogens (primary N) is 1. The molecule has 0 bridgehead atoms. The highest BCUT2D eigenvalue weighted by Gasteiger charge is 2.26. The summed E-state index contributed by atoms with van der Waals surface area (Å²) < 4.78 is 10.8. The van der Waals surface area contributed by atoms with Gasteiger partial charge < -0.3 is 20.1 Å². The van der Waals surface area contributed by atoms with Crippen LogP contribution in [0.3, 0.4) is 0 Å².